The van der Waals surface area contributed by atoms with Crippen molar-refractivity contribution in [1.82, 2.24) is 9.88 Å². The van der Waals surface area contributed by atoms with Crippen LogP contribution in [0, 0.1) is 0 Å². The Balaban J connectivity index is 1.94. The number of methoxy groups -OCH3 is 1. The van der Waals surface area contributed by atoms with Crippen molar-refractivity contribution < 1.29 is 4.74 Å². The summed E-state index contributed by atoms with van der Waals surface area (Å²) >= 11 is 0. The molecule has 4 rings (SSSR count). The average Bonchev–Trinajstić information content (AvgIpc) is 2.82. The minimum atomic E-state index is 0.495. The van der Waals surface area contributed by atoms with E-state index >= 15 is 0 Å². The van der Waals surface area contributed by atoms with Crippen LogP contribution in [0.25, 0.3) is 22.0 Å². The smallest absolute Gasteiger partial charge is 0.127 e. The molecule has 0 saturated heterocycles. The first kappa shape index (κ1) is 16.2. The normalized spacial score (nSPS) is 14.6. The molecule has 0 aliphatic carbocycles. The van der Waals surface area contributed by atoms with E-state index < -0.39 is 0 Å². The Morgan fingerprint density at radius 1 is 1.04 bits per heavy atom. The molecule has 0 saturated carbocycles. The van der Waals surface area contributed by atoms with Crippen LogP contribution < -0.4 is 10.1 Å². The number of nitrogens with zero attached hydrogens (tertiary/aromatic N) is 1. The molecule has 130 valence electrons. The van der Waals surface area contributed by atoms with Gasteiger partial charge in [-0.2, -0.15) is 0 Å². The van der Waals surface area contributed by atoms with Crippen molar-refractivity contribution >= 4 is 10.9 Å². The maximum atomic E-state index is 5.76. The molecule has 0 bridgehead atoms. The van der Waals surface area contributed by atoms with E-state index in [1.165, 1.54) is 33.3 Å². The molecule has 2 heterocycles. The van der Waals surface area contributed by atoms with Gasteiger partial charge in [-0.3, -0.25) is 0 Å². The van der Waals surface area contributed by atoms with Gasteiger partial charge in [0.1, 0.15) is 5.75 Å². The highest BCUT2D eigenvalue weighted by Crippen LogP contribution is 2.38. The molecule has 25 heavy (non-hydrogen) atoms. The topological polar surface area (TPSA) is 26.2 Å². The number of fused-ring (bicyclic) bond motifs is 3. The second kappa shape index (κ2) is 6.57. The molecule has 1 aliphatic heterocycles. The number of hydrogen-bond donors (Lipinski definition) is 1. The van der Waals surface area contributed by atoms with Crippen molar-refractivity contribution in [3.63, 3.8) is 0 Å². The highest BCUT2D eigenvalue weighted by atomic mass is 16.5. The molecule has 1 aliphatic rings. The molecule has 2 aromatic carbocycles. The van der Waals surface area contributed by atoms with Gasteiger partial charge in [0.25, 0.3) is 0 Å². The summed E-state index contributed by atoms with van der Waals surface area (Å²) in [5.74, 6) is 1.45. The van der Waals surface area contributed by atoms with Crippen molar-refractivity contribution in [2.75, 3.05) is 20.2 Å². The zero-order valence-corrected chi connectivity index (χ0v) is 15.3. The number of nitrogens with one attached hydrogen (secondary N) is 1. The Morgan fingerprint density at radius 2 is 1.92 bits per heavy atom. The van der Waals surface area contributed by atoms with Gasteiger partial charge in [0.05, 0.1) is 12.6 Å². The Morgan fingerprint density at radius 3 is 2.72 bits per heavy atom. The number of ether oxygens (including phenoxy) is 1. The van der Waals surface area contributed by atoms with Crippen LogP contribution in [-0.2, 0) is 13.0 Å². The summed E-state index contributed by atoms with van der Waals surface area (Å²) in [5.41, 5.74) is 6.50. The average molecular weight is 334 g/mol. The lowest BCUT2D eigenvalue weighted by Crippen LogP contribution is -2.17. The third kappa shape index (κ3) is 2.83. The van der Waals surface area contributed by atoms with Gasteiger partial charge in [-0.25, -0.2) is 0 Å². The molecule has 1 N–H and O–H groups in total. The van der Waals surface area contributed by atoms with E-state index in [9.17, 15) is 0 Å². The van der Waals surface area contributed by atoms with Gasteiger partial charge in [-0.05, 0) is 23.6 Å². The standard InChI is InChI=1S/C22H26N2O/c1-15(2)16-7-8-19(21(14-16)25-3)20-6-4-5-17-13-18-9-10-23-11-12-24(18)22(17)20/h4-8,13-15,23H,9-12H2,1-3H3. The van der Waals surface area contributed by atoms with Crippen molar-refractivity contribution in [2.24, 2.45) is 0 Å². The SMILES string of the molecule is COc1cc(C(C)C)ccc1-c1cccc2cc3n(c12)CCNCC3. The summed E-state index contributed by atoms with van der Waals surface area (Å²) in [5, 5.41) is 4.82. The van der Waals surface area contributed by atoms with Crippen molar-refractivity contribution in [3.8, 4) is 16.9 Å². The van der Waals surface area contributed by atoms with Crippen molar-refractivity contribution in [3.05, 3.63) is 53.7 Å². The molecular weight excluding hydrogens is 308 g/mol. The third-order valence-corrected chi connectivity index (χ3v) is 5.26. The van der Waals surface area contributed by atoms with E-state index in [2.05, 4.69) is 66.2 Å². The Labute approximate surface area is 149 Å². The predicted molar refractivity (Wildman–Crippen MR) is 105 cm³/mol. The second-order valence-corrected chi connectivity index (χ2v) is 7.15. The molecule has 0 amide bonds. The highest BCUT2D eigenvalue weighted by Gasteiger charge is 2.17. The maximum absolute atomic E-state index is 5.76. The van der Waals surface area contributed by atoms with E-state index in [4.69, 9.17) is 4.74 Å². The van der Waals surface area contributed by atoms with Crippen LogP contribution >= 0.6 is 0 Å². The zero-order valence-electron chi connectivity index (χ0n) is 15.3. The van der Waals surface area contributed by atoms with Crippen LogP contribution in [0.2, 0.25) is 0 Å². The number of para-hydroxylation sites is 1. The first-order valence-electron chi connectivity index (χ1n) is 9.19. The fourth-order valence-electron chi connectivity index (χ4n) is 3.88. The number of hydrogen-bond acceptors (Lipinski definition) is 2. The lowest BCUT2D eigenvalue weighted by atomic mass is 9.96. The van der Waals surface area contributed by atoms with Crippen LogP contribution in [0.1, 0.15) is 31.0 Å². The van der Waals surface area contributed by atoms with Gasteiger partial charge in [-0.1, -0.05) is 44.2 Å². The molecule has 0 unspecified atom stereocenters. The van der Waals surface area contributed by atoms with Crippen molar-refractivity contribution in [1.29, 1.82) is 0 Å². The molecule has 3 nitrogen and oxygen atoms in total. The molecule has 0 atom stereocenters. The Bertz CT molecular complexity index is 908. The van der Waals surface area contributed by atoms with Gasteiger partial charge in [0, 0.05) is 48.3 Å². The summed E-state index contributed by atoms with van der Waals surface area (Å²) < 4.78 is 8.25. The second-order valence-electron chi connectivity index (χ2n) is 7.15. The number of rotatable bonds is 3. The minimum absolute atomic E-state index is 0.495. The maximum Gasteiger partial charge on any atom is 0.127 e. The summed E-state index contributed by atoms with van der Waals surface area (Å²) in [6.45, 7) is 7.53. The fourth-order valence-corrected chi connectivity index (χ4v) is 3.88. The number of benzene rings is 2. The van der Waals surface area contributed by atoms with E-state index in [1.54, 1.807) is 7.11 Å². The van der Waals surface area contributed by atoms with Crippen LogP contribution in [0.3, 0.4) is 0 Å². The molecular formula is C22H26N2O. The number of aromatic nitrogens is 1. The first-order valence-corrected chi connectivity index (χ1v) is 9.19. The fraction of sp³-hybridized carbons (Fsp3) is 0.364. The highest BCUT2D eigenvalue weighted by molar-refractivity contribution is 5.97. The third-order valence-electron chi connectivity index (χ3n) is 5.26. The lowest BCUT2D eigenvalue weighted by Gasteiger charge is -2.15. The molecule has 3 aromatic rings. The first-order chi connectivity index (χ1) is 12.2. The monoisotopic (exact) mass is 334 g/mol. The lowest BCUT2D eigenvalue weighted by molar-refractivity contribution is 0.415. The van der Waals surface area contributed by atoms with Crippen LogP contribution in [-0.4, -0.2) is 24.8 Å². The summed E-state index contributed by atoms with van der Waals surface area (Å²) in [6, 6.07) is 15.6. The van der Waals surface area contributed by atoms with Gasteiger partial charge in [0.15, 0.2) is 0 Å². The quantitative estimate of drug-likeness (QED) is 0.758. The van der Waals surface area contributed by atoms with E-state index in [0.29, 0.717) is 5.92 Å². The summed E-state index contributed by atoms with van der Waals surface area (Å²) in [6.07, 6.45) is 1.08. The van der Waals surface area contributed by atoms with Gasteiger partial charge in [-0.15, -0.1) is 0 Å². The van der Waals surface area contributed by atoms with Gasteiger partial charge >= 0.3 is 0 Å². The largest absolute Gasteiger partial charge is 0.496 e. The molecule has 0 spiro atoms. The van der Waals surface area contributed by atoms with Crippen LogP contribution in [0.5, 0.6) is 5.75 Å². The zero-order chi connectivity index (χ0) is 17.4. The molecule has 0 fully saturated rings. The molecule has 3 heteroatoms. The molecule has 0 radical (unpaired) electrons. The van der Waals surface area contributed by atoms with Gasteiger partial charge < -0.3 is 14.6 Å². The Kier molecular flexibility index (Phi) is 4.26. The van der Waals surface area contributed by atoms with E-state index in [0.717, 1.165) is 31.8 Å². The van der Waals surface area contributed by atoms with E-state index in [-0.39, 0.29) is 0 Å². The van der Waals surface area contributed by atoms with Crippen LogP contribution in [0.4, 0.5) is 0 Å². The van der Waals surface area contributed by atoms with E-state index in [1.807, 2.05) is 0 Å². The van der Waals surface area contributed by atoms with Crippen molar-refractivity contribution in [2.45, 2.75) is 32.7 Å². The summed E-state index contributed by atoms with van der Waals surface area (Å²) in [7, 11) is 1.77. The molecule has 1 aromatic heterocycles. The minimum Gasteiger partial charge on any atom is -0.496 e. The Hall–Kier alpha value is -2.26. The summed E-state index contributed by atoms with van der Waals surface area (Å²) in [4.78, 5) is 0. The predicted octanol–water partition coefficient (Wildman–Crippen LogP) is 4.59. The van der Waals surface area contributed by atoms with Gasteiger partial charge in [0.2, 0.25) is 0 Å². The van der Waals surface area contributed by atoms with Crippen LogP contribution in [0.15, 0.2) is 42.5 Å².